The van der Waals surface area contributed by atoms with E-state index in [0.717, 1.165) is 30.6 Å². The Morgan fingerprint density at radius 3 is 2.52 bits per heavy atom. The van der Waals surface area contributed by atoms with Crippen LogP contribution in [0.5, 0.6) is 17.4 Å². The summed E-state index contributed by atoms with van der Waals surface area (Å²) in [7, 11) is -2.72. The lowest BCUT2D eigenvalue weighted by Crippen LogP contribution is -2.41. The number of hydrogen-bond donors (Lipinski definition) is 1. The van der Waals surface area contributed by atoms with Crippen LogP contribution in [0.15, 0.2) is 28.8 Å². The van der Waals surface area contributed by atoms with Gasteiger partial charge in [0.05, 0.1) is 23.6 Å². The molecule has 2 heterocycles. The fraction of sp³-hybridized carbons (Fsp3) is 0.458. The Morgan fingerprint density at radius 2 is 2.00 bits per heavy atom. The number of hydrogen-bond acceptors (Lipinski definition) is 5. The van der Waals surface area contributed by atoms with Crippen LogP contribution in [0.4, 0.5) is 0 Å². The van der Waals surface area contributed by atoms with Crippen LogP contribution in [0, 0.1) is 6.92 Å². The molecule has 0 radical (unpaired) electrons. The number of benzene rings is 1. The van der Waals surface area contributed by atoms with E-state index in [1.807, 2.05) is 32.9 Å². The van der Waals surface area contributed by atoms with Crippen LogP contribution >= 0.6 is 11.6 Å². The summed E-state index contributed by atoms with van der Waals surface area (Å²) >= 11 is 6.30. The molecule has 2 aromatic rings. The third-order valence-electron chi connectivity index (χ3n) is 5.23. The van der Waals surface area contributed by atoms with Crippen LogP contribution in [-0.4, -0.2) is 49.4 Å². The number of aromatic nitrogens is 1. The lowest BCUT2D eigenvalue weighted by Gasteiger charge is -2.31. The smallest absolute Gasteiger partial charge is 0.233 e. The molecule has 1 unspecified atom stereocenters. The second kappa shape index (κ2) is 9.62. The molecule has 180 valence electrons. The van der Waals surface area contributed by atoms with E-state index in [4.69, 9.17) is 21.1 Å². The highest BCUT2D eigenvalue weighted by Gasteiger charge is 2.26. The summed E-state index contributed by atoms with van der Waals surface area (Å²) in [6.07, 6.45) is 2.47. The standard InChI is InChI=1S/C24H32ClN3O4S/c1-15(2)31-23-21(25)12-18(14-26-23)32-22-11-16(3)19(13-20(22)24(5,6)29)17(4)27-33(7,30)28-9-8-10-28/h11-15,29H,7-10H2,1-6H3. The average molecular weight is 494 g/mol. The van der Waals surface area contributed by atoms with Gasteiger partial charge in [0.25, 0.3) is 0 Å². The van der Waals surface area contributed by atoms with E-state index in [9.17, 15) is 9.32 Å². The van der Waals surface area contributed by atoms with Gasteiger partial charge in [0.1, 0.15) is 26.4 Å². The molecular weight excluding hydrogens is 462 g/mol. The van der Waals surface area contributed by atoms with Gasteiger partial charge in [-0.1, -0.05) is 11.6 Å². The van der Waals surface area contributed by atoms with Crippen molar-refractivity contribution in [1.82, 2.24) is 9.29 Å². The first-order chi connectivity index (χ1) is 15.3. The monoisotopic (exact) mass is 493 g/mol. The van der Waals surface area contributed by atoms with Crippen LogP contribution in [0.2, 0.25) is 5.02 Å². The zero-order chi connectivity index (χ0) is 24.6. The summed E-state index contributed by atoms with van der Waals surface area (Å²) in [5, 5.41) is 11.2. The molecule has 0 amide bonds. The summed E-state index contributed by atoms with van der Waals surface area (Å²) in [6.45, 7) is 12.3. The minimum atomic E-state index is -2.72. The van der Waals surface area contributed by atoms with Gasteiger partial charge in [0.2, 0.25) is 5.88 Å². The molecule has 0 aliphatic carbocycles. The van der Waals surface area contributed by atoms with E-state index < -0.39 is 15.5 Å². The van der Waals surface area contributed by atoms with Gasteiger partial charge in [-0.25, -0.2) is 13.5 Å². The van der Waals surface area contributed by atoms with Gasteiger partial charge in [-0.05, 0) is 71.5 Å². The quantitative estimate of drug-likeness (QED) is 0.417. The lowest BCUT2D eigenvalue weighted by molar-refractivity contribution is 0.0762. The van der Waals surface area contributed by atoms with Crippen LogP contribution in [0.25, 0.3) is 0 Å². The Morgan fingerprint density at radius 1 is 1.33 bits per heavy atom. The maximum atomic E-state index is 12.9. The summed E-state index contributed by atoms with van der Waals surface area (Å²) < 4.78 is 30.8. The predicted molar refractivity (Wildman–Crippen MR) is 135 cm³/mol. The molecule has 1 aliphatic rings. The molecule has 3 rings (SSSR count). The molecule has 1 saturated heterocycles. The normalized spacial score (nSPS) is 16.9. The van der Waals surface area contributed by atoms with Crippen LogP contribution in [0.3, 0.4) is 0 Å². The van der Waals surface area contributed by atoms with Crippen LogP contribution < -0.4 is 9.47 Å². The largest absolute Gasteiger partial charge is 0.474 e. The van der Waals surface area contributed by atoms with E-state index in [1.165, 1.54) is 6.20 Å². The van der Waals surface area contributed by atoms with Gasteiger partial charge < -0.3 is 14.6 Å². The molecular formula is C24H32ClN3O4S. The summed E-state index contributed by atoms with van der Waals surface area (Å²) in [5.41, 5.74) is 1.57. The van der Waals surface area contributed by atoms with Crippen LogP contribution in [-0.2, 0) is 15.5 Å². The Kier molecular flexibility index (Phi) is 7.43. The number of nitrogens with zero attached hydrogens (tertiary/aromatic N) is 3. The van der Waals surface area contributed by atoms with Crippen molar-refractivity contribution in [2.75, 3.05) is 13.1 Å². The van der Waals surface area contributed by atoms with E-state index in [-0.39, 0.29) is 6.10 Å². The molecule has 9 heteroatoms. The molecule has 0 bridgehead atoms. The summed E-state index contributed by atoms with van der Waals surface area (Å²) in [6, 6.07) is 5.27. The number of halogens is 1. The van der Waals surface area contributed by atoms with E-state index in [0.29, 0.717) is 33.7 Å². The second-order valence-electron chi connectivity index (χ2n) is 9.02. The minimum absolute atomic E-state index is 0.0576. The molecule has 0 saturated carbocycles. The Hall–Kier alpha value is -2.13. The zero-order valence-corrected chi connectivity index (χ0v) is 21.6. The third-order valence-corrected chi connectivity index (χ3v) is 7.23. The lowest BCUT2D eigenvalue weighted by atomic mass is 9.92. The number of pyridine rings is 1. The van der Waals surface area contributed by atoms with Gasteiger partial charge in [-0.15, -0.1) is 0 Å². The van der Waals surface area contributed by atoms with Crippen molar-refractivity contribution < 1.29 is 18.8 Å². The zero-order valence-electron chi connectivity index (χ0n) is 20.0. The fourth-order valence-electron chi connectivity index (χ4n) is 3.43. The Balaban J connectivity index is 1.98. The summed E-state index contributed by atoms with van der Waals surface area (Å²) in [4.78, 5) is 4.24. The number of ether oxygens (including phenoxy) is 2. The van der Waals surface area contributed by atoms with Gasteiger partial charge in [-0.3, -0.25) is 0 Å². The highest BCUT2D eigenvalue weighted by atomic mass is 35.5. The average Bonchev–Trinajstić information content (AvgIpc) is 2.60. The van der Waals surface area contributed by atoms with Crippen molar-refractivity contribution in [3.63, 3.8) is 0 Å². The van der Waals surface area contributed by atoms with Crippen molar-refractivity contribution in [3.05, 3.63) is 46.1 Å². The van der Waals surface area contributed by atoms with Crippen LogP contribution in [0.1, 0.15) is 57.7 Å². The fourth-order valence-corrected chi connectivity index (χ4v) is 5.10. The molecule has 1 atom stereocenters. The number of aryl methyl sites for hydroxylation is 1. The summed E-state index contributed by atoms with van der Waals surface area (Å²) in [5.74, 6) is 5.04. The molecule has 1 aromatic carbocycles. The Bertz CT molecular complexity index is 1170. The molecule has 1 N–H and O–H groups in total. The van der Waals surface area contributed by atoms with Crippen molar-refractivity contribution in [2.24, 2.45) is 4.40 Å². The topological polar surface area (TPSA) is 84.2 Å². The third kappa shape index (κ3) is 6.06. The van der Waals surface area contributed by atoms with Gasteiger partial charge >= 0.3 is 0 Å². The first-order valence-corrected chi connectivity index (χ1v) is 12.9. The minimum Gasteiger partial charge on any atom is -0.474 e. The van der Waals surface area contributed by atoms with Gasteiger partial charge in [0, 0.05) is 30.3 Å². The molecule has 7 nitrogen and oxygen atoms in total. The maximum Gasteiger partial charge on any atom is 0.233 e. The SMILES string of the molecule is C=S(=O)(N=C(C)c1cc(C(C)(C)O)c(Oc2cnc(OC(C)C)c(Cl)c2)cc1C)N1CCC1. The second-order valence-corrected chi connectivity index (χ2v) is 11.3. The molecule has 1 fully saturated rings. The Labute approximate surface area is 201 Å². The van der Waals surface area contributed by atoms with E-state index in [2.05, 4.69) is 15.3 Å². The number of aliphatic hydroxyl groups is 1. The first-order valence-electron chi connectivity index (χ1n) is 10.8. The first kappa shape index (κ1) is 25.5. The van der Waals surface area contributed by atoms with Crippen molar-refractivity contribution in [1.29, 1.82) is 0 Å². The molecule has 0 spiro atoms. The van der Waals surface area contributed by atoms with Gasteiger partial charge in [0.15, 0.2) is 0 Å². The van der Waals surface area contributed by atoms with Crippen molar-refractivity contribution in [3.8, 4) is 17.4 Å². The molecule has 1 aliphatic heterocycles. The highest BCUT2D eigenvalue weighted by Crippen LogP contribution is 2.37. The molecule has 1 aromatic heterocycles. The highest BCUT2D eigenvalue weighted by molar-refractivity contribution is 7.97. The van der Waals surface area contributed by atoms with Crippen molar-refractivity contribution >= 4 is 33.1 Å². The van der Waals surface area contributed by atoms with E-state index >= 15 is 0 Å². The predicted octanol–water partition coefficient (Wildman–Crippen LogP) is 4.91. The van der Waals surface area contributed by atoms with Crippen molar-refractivity contribution in [2.45, 2.75) is 59.7 Å². The molecule has 33 heavy (non-hydrogen) atoms. The maximum absolute atomic E-state index is 12.9. The number of rotatable bonds is 8. The van der Waals surface area contributed by atoms with Gasteiger partial charge in [-0.2, -0.15) is 4.40 Å². The van der Waals surface area contributed by atoms with E-state index in [1.54, 1.807) is 31.1 Å².